The van der Waals surface area contributed by atoms with Crippen molar-refractivity contribution in [3.63, 3.8) is 0 Å². The first kappa shape index (κ1) is 30.5. The number of hydrogen-bond acceptors (Lipinski definition) is 2. The molecule has 0 saturated heterocycles. The molecule has 0 fully saturated rings. The summed E-state index contributed by atoms with van der Waals surface area (Å²) in [5, 5.41) is 0. The SMILES string of the molecule is Cc1ccc(N2c3ccc(C=C(c4ccccc4)c4ccccc4)cc3Sc3cc(C=C(c4ccccc4)c4ccccc4)ccc32)cc1. The van der Waals surface area contributed by atoms with Gasteiger partial charge in [0.1, 0.15) is 0 Å². The molecule has 0 aliphatic carbocycles. The first-order chi connectivity index (χ1) is 24.2. The van der Waals surface area contributed by atoms with Gasteiger partial charge in [-0.2, -0.15) is 0 Å². The summed E-state index contributed by atoms with van der Waals surface area (Å²) in [6, 6.07) is 65.3. The van der Waals surface area contributed by atoms with Gasteiger partial charge in [0.25, 0.3) is 0 Å². The molecule has 0 aromatic heterocycles. The quantitative estimate of drug-likeness (QED) is 0.159. The lowest BCUT2D eigenvalue weighted by atomic mass is 9.95. The zero-order valence-corrected chi connectivity index (χ0v) is 28.1. The van der Waals surface area contributed by atoms with Gasteiger partial charge in [0.05, 0.1) is 11.4 Å². The highest BCUT2D eigenvalue weighted by Crippen LogP contribution is 2.52. The maximum atomic E-state index is 2.41. The van der Waals surface area contributed by atoms with Crippen LogP contribution in [0.2, 0.25) is 0 Å². The van der Waals surface area contributed by atoms with Crippen molar-refractivity contribution in [3.8, 4) is 0 Å². The van der Waals surface area contributed by atoms with E-state index in [4.69, 9.17) is 0 Å². The molecule has 0 radical (unpaired) electrons. The molecular formula is C47H35NS. The third-order valence-electron chi connectivity index (χ3n) is 8.92. The second-order valence-corrected chi connectivity index (χ2v) is 13.4. The van der Waals surface area contributed by atoms with Crippen molar-refractivity contribution < 1.29 is 0 Å². The minimum absolute atomic E-state index is 1.16. The molecule has 0 saturated carbocycles. The highest BCUT2D eigenvalue weighted by atomic mass is 32.2. The molecule has 234 valence electrons. The second kappa shape index (κ2) is 13.7. The van der Waals surface area contributed by atoms with E-state index in [-0.39, 0.29) is 0 Å². The smallest absolute Gasteiger partial charge is 0.0602 e. The van der Waals surface area contributed by atoms with E-state index in [0.717, 1.165) is 5.69 Å². The zero-order valence-electron chi connectivity index (χ0n) is 27.3. The predicted molar refractivity (Wildman–Crippen MR) is 210 cm³/mol. The van der Waals surface area contributed by atoms with E-state index in [2.05, 4.69) is 206 Å². The summed E-state index contributed by atoms with van der Waals surface area (Å²) in [6.45, 7) is 2.14. The Bertz CT molecular complexity index is 2050. The van der Waals surface area contributed by atoms with Gasteiger partial charge in [0.15, 0.2) is 0 Å². The molecule has 1 aliphatic heterocycles. The number of nitrogens with zero attached hydrogens (tertiary/aromatic N) is 1. The number of rotatable bonds is 7. The first-order valence-corrected chi connectivity index (χ1v) is 17.5. The van der Waals surface area contributed by atoms with Gasteiger partial charge in [-0.15, -0.1) is 0 Å². The largest absolute Gasteiger partial charge is 0.308 e. The van der Waals surface area contributed by atoms with Crippen molar-refractivity contribution in [2.24, 2.45) is 0 Å². The van der Waals surface area contributed by atoms with E-state index < -0.39 is 0 Å². The van der Waals surface area contributed by atoms with Crippen LogP contribution < -0.4 is 4.90 Å². The molecule has 7 aromatic rings. The average Bonchev–Trinajstić information content (AvgIpc) is 3.17. The maximum absolute atomic E-state index is 2.41. The Hall–Kier alpha value is -5.83. The molecular weight excluding hydrogens is 611 g/mol. The van der Waals surface area contributed by atoms with Gasteiger partial charge in [-0.05, 0) is 100 Å². The summed E-state index contributed by atoms with van der Waals surface area (Å²) in [4.78, 5) is 4.87. The van der Waals surface area contributed by atoms with Crippen molar-refractivity contribution in [1.29, 1.82) is 0 Å². The van der Waals surface area contributed by atoms with Crippen LogP contribution in [0.5, 0.6) is 0 Å². The van der Waals surface area contributed by atoms with Crippen molar-refractivity contribution in [1.82, 2.24) is 0 Å². The van der Waals surface area contributed by atoms with Crippen molar-refractivity contribution in [3.05, 3.63) is 221 Å². The lowest BCUT2D eigenvalue weighted by molar-refractivity contribution is 1.16. The van der Waals surface area contributed by atoms with E-state index in [9.17, 15) is 0 Å². The molecule has 7 aromatic carbocycles. The molecule has 2 heteroatoms. The second-order valence-electron chi connectivity index (χ2n) is 12.3. The fraction of sp³-hybridized carbons (Fsp3) is 0.0213. The highest BCUT2D eigenvalue weighted by Gasteiger charge is 2.25. The molecule has 0 unspecified atom stereocenters. The summed E-state index contributed by atoms with van der Waals surface area (Å²) >= 11 is 1.85. The van der Waals surface area contributed by atoms with E-state index >= 15 is 0 Å². The van der Waals surface area contributed by atoms with Crippen LogP contribution in [0.1, 0.15) is 38.9 Å². The van der Waals surface area contributed by atoms with Gasteiger partial charge in [-0.3, -0.25) is 0 Å². The Morgan fingerprint density at radius 3 is 1.16 bits per heavy atom. The van der Waals surface area contributed by atoms with Crippen LogP contribution in [0.4, 0.5) is 17.1 Å². The molecule has 0 N–H and O–H groups in total. The van der Waals surface area contributed by atoms with Crippen molar-refractivity contribution in [2.45, 2.75) is 16.7 Å². The van der Waals surface area contributed by atoms with Gasteiger partial charge in [-0.1, -0.05) is 163 Å². The first-order valence-electron chi connectivity index (χ1n) is 16.7. The highest BCUT2D eigenvalue weighted by molar-refractivity contribution is 7.99. The number of aryl methyl sites for hydroxylation is 1. The van der Waals surface area contributed by atoms with E-state index in [1.54, 1.807) is 0 Å². The fourth-order valence-electron chi connectivity index (χ4n) is 6.47. The third kappa shape index (κ3) is 6.52. The van der Waals surface area contributed by atoms with Crippen LogP contribution in [0, 0.1) is 6.92 Å². The molecule has 49 heavy (non-hydrogen) atoms. The topological polar surface area (TPSA) is 3.24 Å². The summed E-state index contributed by atoms with van der Waals surface area (Å²) < 4.78 is 0. The number of benzene rings is 7. The van der Waals surface area contributed by atoms with E-state index in [1.165, 1.54) is 71.3 Å². The maximum Gasteiger partial charge on any atom is 0.0602 e. The molecule has 1 nitrogen and oxygen atoms in total. The Morgan fingerprint density at radius 2 is 0.796 bits per heavy atom. The normalized spacial score (nSPS) is 11.7. The molecule has 0 amide bonds. The minimum Gasteiger partial charge on any atom is -0.308 e. The molecule has 0 spiro atoms. The van der Waals surface area contributed by atoms with E-state index in [0.29, 0.717) is 0 Å². The average molecular weight is 646 g/mol. The van der Waals surface area contributed by atoms with Gasteiger partial charge < -0.3 is 4.90 Å². The third-order valence-corrected chi connectivity index (χ3v) is 10.0. The van der Waals surface area contributed by atoms with Crippen molar-refractivity contribution >= 4 is 52.1 Å². The fourth-order valence-corrected chi connectivity index (χ4v) is 7.62. The summed E-state index contributed by atoms with van der Waals surface area (Å²) in [6.07, 6.45) is 4.64. The lowest BCUT2D eigenvalue weighted by Gasteiger charge is -2.33. The predicted octanol–water partition coefficient (Wildman–Crippen LogP) is 13.1. The number of hydrogen-bond donors (Lipinski definition) is 0. The van der Waals surface area contributed by atoms with Crippen LogP contribution in [-0.4, -0.2) is 0 Å². The zero-order chi connectivity index (χ0) is 33.0. The lowest BCUT2D eigenvalue weighted by Crippen LogP contribution is -2.15. The van der Waals surface area contributed by atoms with Crippen molar-refractivity contribution in [2.75, 3.05) is 4.90 Å². The van der Waals surface area contributed by atoms with Gasteiger partial charge in [-0.25, -0.2) is 0 Å². The number of fused-ring (bicyclic) bond motifs is 2. The van der Waals surface area contributed by atoms with Gasteiger partial charge in [0, 0.05) is 15.5 Å². The van der Waals surface area contributed by atoms with Gasteiger partial charge in [0.2, 0.25) is 0 Å². The number of anilines is 3. The summed E-state index contributed by atoms with van der Waals surface area (Å²) in [5.74, 6) is 0. The monoisotopic (exact) mass is 645 g/mol. The van der Waals surface area contributed by atoms with Crippen LogP contribution >= 0.6 is 11.8 Å². The Kier molecular flexibility index (Phi) is 8.54. The van der Waals surface area contributed by atoms with Crippen LogP contribution in [-0.2, 0) is 0 Å². The molecule has 0 bridgehead atoms. The summed E-state index contributed by atoms with van der Waals surface area (Å²) in [5.41, 5.74) is 14.4. The standard InChI is InChI=1S/C47H35NS/c1-34-22-26-41(27-23-34)48-44-28-24-35(30-42(37-14-6-2-7-15-37)38-16-8-3-9-17-38)32-46(44)49-47-33-36(25-29-45(47)48)31-43(39-18-10-4-11-19-39)40-20-12-5-13-21-40/h2-33H,1H3. The van der Waals surface area contributed by atoms with Crippen LogP contribution in [0.15, 0.2) is 192 Å². The van der Waals surface area contributed by atoms with Crippen LogP contribution in [0.3, 0.4) is 0 Å². The Morgan fingerprint density at radius 1 is 0.429 bits per heavy atom. The van der Waals surface area contributed by atoms with Crippen LogP contribution in [0.25, 0.3) is 23.3 Å². The molecule has 1 aliphatic rings. The van der Waals surface area contributed by atoms with E-state index in [1.807, 2.05) is 11.8 Å². The van der Waals surface area contributed by atoms with Gasteiger partial charge >= 0.3 is 0 Å². The summed E-state index contributed by atoms with van der Waals surface area (Å²) in [7, 11) is 0. The minimum atomic E-state index is 1.16. The Balaban J connectivity index is 1.25. The molecule has 1 heterocycles. The molecule has 8 rings (SSSR count). The Labute approximate surface area is 293 Å². The molecule has 0 atom stereocenters.